The van der Waals surface area contributed by atoms with Gasteiger partial charge in [0.25, 0.3) is 0 Å². The Bertz CT molecular complexity index is 542. The number of likely N-dealkylation sites (tertiary alicyclic amines) is 1. The summed E-state index contributed by atoms with van der Waals surface area (Å²) >= 11 is 0. The van der Waals surface area contributed by atoms with E-state index in [0.717, 1.165) is 0 Å². The van der Waals surface area contributed by atoms with Gasteiger partial charge >= 0.3 is 6.03 Å². The van der Waals surface area contributed by atoms with Crippen molar-refractivity contribution < 1.29 is 9.59 Å². The van der Waals surface area contributed by atoms with Crippen LogP contribution in [-0.2, 0) is 10.2 Å². The topological polar surface area (TPSA) is 75.4 Å². The van der Waals surface area contributed by atoms with Crippen molar-refractivity contribution in [3.8, 4) is 0 Å². The highest BCUT2D eigenvalue weighted by Gasteiger charge is 2.33. The number of rotatable bonds is 4. The van der Waals surface area contributed by atoms with Gasteiger partial charge in [0.2, 0.25) is 5.91 Å². The van der Waals surface area contributed by atoms with Crippen LogP contribution < -0.4 is 11.1 Å². The van der Waals surface area contributed by atoms with E-state index >= 15 is 0 Å². The summed E-state index contributed by atoms with van der Waals surface area (Å²) in [5.41, 5.74) is 6.31. The third kappa shape index (κ3) is 3.40. The summed E-state index contributed by atoms with van der Waals surface area (Å²) in [6.45, 7) is 7.23. The van der Waals surface area contributed by atoms with Crippen molar-refractivity contribution in [1.29, 1.82) is 0 Å². The lowest BCUT2D eigenvalue weighted by molar-refractivity contribution is -0.121. The van der Waals surface area contributed by atoms with E-state index in [2.05, 4.69) is 31.3 Å². The summed E-state index contributed by atoms with van der Waals surface area (Å²) in [7, 11) is 0. The number of carbonyl (C=O) groups is 2. The molecule has 0 saturated carbocycles. The molecule has 0 bridgehead atoms. The standard InChI is InChI=1S/C17H25N3O2/c1-12(17(2,3)14-7-5-4-6-8-14)19-16(22)20-10-9-13(11-20)15(18)21/h4-8,12-13H,9-11H2,1-3H3,(H2,18,21)(H,19,22)/t12-,13+/m1/s1. The van der Waals surface area contributed by atoms with E-state index in [9.17, 15) is 9.59 Å². The van der Waals surface area contributed by atoms with Crippen LogP contribution in [0.25, 0.3) is 0 Å². The molecule has 1 fully saturated rings. The van der Waals surface area contributed by atoms with Crippen LogP contribution >= 0.6 is 0 Å². The summed E-state index contributed by atoms with van der Waals surface area (Å²) in [5, 5.41) is 3.05. The molecule has 2 rings (SSSR count). The first-order valence-corrected chi connectivity index (χ1v) is 7.72. The Labute approximate surface area is 131 Å². The third-order valence-electron chi connectivity index (χ3n) is 4.82. The lowest BCUT2D eigenvalue weighted by Gasteiger charge is -2.34. The van der Waals surface area contributed by atoms with Gasteiger partial charge in [0.15, 0.2) is 0 Å². The minimum Gasteiger partial charge on any atom is -0.369 e. The van der Waals surface area contributed by atoms with Crippen molar-refractivity contribution in [2.45, 2.75) is 38.6 Å². The van der Waals surface area contributed by atoms with Gasteiger partial charge < -0.3 is 16.0 Å². The van der Waals surface area contributed by atoms with Crippen LogP contribution in [0.4, 0.5) is 4.79 Å². The first-order chi connectivity index (χ1) is 10.3. The number of nitrogens with zero attached hydrogens (tertiary/aromatic N) is 1. The minimum absolute atomic E-state index is 0.0324. The molecule has 1 aromatic rings. The molecule has 22 heavy (non-hydrogen) atoms. The molecule has 0 radical (unpaired) electrons. The molecule has 5 heteroatoms. The van der Waals surface area contributed by atoms with Crippen LogP contribution in [0.5, 0.6) is 0 Å². The fraction of sp³-hybridized carbons (Fsp3) is 0.529. The normalized spacial score (nSPS) is 19.8. The Hall–Kier alpha value is -2.04. The second-order valence-electron chi connectivity index (χ2n) is 6.59. The highest BCUT2D eigenvalue weighted by molar-refractivity contribution is 5.80. The minimum atomic E-state index is -0.326. The summed E-state index contributed by atoms with van der Waals surface area (Å²) in [5.74, 6) is -0.545. The van der Waals surface area contributed by atoms with Gasteiger partial charge in [-0.2, -0.15) is 0 Å². The number of hydrogen-bond donors (Lipinski definition) is 2. The molecule has 3 amide bonds. The molecular weight excluding hydrogens is 278 g/mol. The van der Waals surface area contributed by atoms with Crippen LogP contribution in [0.1, 0.15) is 32.8 Å². The Balaban J connectivity index is 1.98. The SMILES string of the molecule is C[C@@H](NC(=O)N1CC[C@H](C(N)=O)C1)C(C)(C)c1ccccc1. The van der Waals surface area contributed by atoms with Crippen molar-refractivity contribution in [2.24, 2.45) is 11.7 Å². The molecule has 120 valence electrons. The van der Waals surface area contributed by atoms with Gasteiger partial charge in [-0.1, -0.05) is 44.2 Å². The van der Waals surface area contributed by atoms with Crippen LogP contribution in [0.2, 0.25) is 0 Å². The molecule has 1 saturated heterocycles. The van der Waals surface area contributed by atoms with Crippen molar-refractivity contribution in [3.63, 3.8) is 0 Å². The van der Waals surface area contributed by atoms with Gasteiger partial charge in [0.05, 0.1) is 5.92 Å². The summed E-state index contributed by atoms with van der Waals surface area (Å²) in [6.07, 6.45) is 0.652. The predicted octanol–water partition coefficient (Wildman–Crippen LogP) is 1.87. The zero-order chi connectivity index (χ0) is 16.3. The number of primary amides is 1. The lowest BCUT2D eigenvalue weighted by atomic mass is 9.78. The van der Waals surface area contributed by atoms with Crippen molar-refractivity contribution in [1.82, 2.24) is 10.2 Å². The molecule has 3 N–H and O–H groups in total. The highest BCUT2D eigenvalue weighted by atomic mass is 16.2. The van der Waals surface area contributed by atoms with Crippen LogP contribution in [0.15, 0.2) is 30.3 Å². The largest absolute Gasteiger partial charge is 0.369 e. The van der Waals surface area contributed by atoms with E-state index in [1.165, 1.54) is 5.56 Å². The van der Waals surface area contributed by atoms with Crippen LogP contribution in [0.3, 0.4) is 0 Å². The number of carbonyl (C=O) groups excluding carboxylic acids is 2. The van der Waals surface area contributed by atoms with Crippen LogP contribution in [-0.4, -0.2) is 36.0 Å². The van der Waals surface area contributed by atoms with Crippen molar-refractivity contribution in [2.75, 3.05) is 13.1 Å². The molecule has 2 atom stereocenters. The first kappa shape index (κ1) is 16.3. The average Bonchev–Trinajstić information content (AvgIpc) is 2.98. The van der Waals surface area contributed by atoms with E-state index in [0.29, 0.717) is 19.5 Å². The van der Waals surface area contributed by atoms with E-state index in [1.54, 1.807) is 4.90 Å². The first-order valence-electron chi connectivity index (χ1n) is 7.72. The molecule has 5 nitrogen and oxygen atoms in total. The van der Waals surface area contributed by atoms with Gasteiger partial charge in [-0.15, -0.1) is 0 Å². The van der Waals surface area contributed by atoms with Gasteiger partial charge in [0, 0.05) is 24.5 Å². The van der Waals surface area contributed by atoms with Gasteiger partial charge in [0.1, 0.15) is 0 Å². The summed E-state index contributed by atoms with van der Waals surface area (Å²) < 4.78 is 0. The predicted molar refractivity (Wildman–Crippen MR) is 86.3 cm³/mol. The molecule has 0 unspecified atom stereocenters. The molecule has 1 aromatic carbocycles. The highest BCUT2D eigenvalue weighted by Crippen LogP contribution is 2.27. The molecule has 0 aliphatic carbocycles. The fourth-order valence-electron chi connectivity index (χ4n) is 2.75. The van der Waals surface area contributed by atoms with Crippen LogP contribution in [0, 0.1) is 5.92 Å². The third-order valence-corrected chi connectivity index (χ3v) is 4.82. The molecule has 0 aromatic heterocycles. The number of amides is 3. The number of nitrogens with two attached hydrogens (primary N) is 1. The molecule has 0 spiro atoms. The Morgan fingerprint density at radius 1 is 1.32 bits per heavy atom. The van der Waals surface area contributed by atoms with Crippen molar-refractivity contribution >= 4 is 11.9 Å². The second kappa shape index (κ2) is 6.38. The van der Waals surface area contributed by atoms with Gasteiger partial charge in [-0.3, -0.25) is 4.79 Å². The number of urea groups is 1. The zero-order valence-corrected chi connectivity index (χ0v) is 13.5. The molecule has 1 heterocycles. The van der Waals surface area contributed by atoms with E-state index in [4.69, 9.17) is 5.73 Å². The lowest BCUT2D eigenvalue weighted by Crippen LogP contribution is -2.50. The Morgan fingerprint density at radius 3 is 2.50 bits per heavy atom. The van der Waals surface area contributed by atoms with Gasteiger partial charge in [-0.05, 0) is 18.9 Å². The quantitative estimate of drug-likeness (QED) is 0.891. The summed E-state index contributed by atoms with van der Waals surface area (Å²) in [6, 6.07) is 9.98. The monoisotopic (exact) mass is 303 g/mol. The number of benzene rings is 1. The van der Waals surface area contributed by atoms with Gasteiger partial charge in [-0.25, -0.2) is 4.79 Å². The smallest absolute Gasteiger partial charge is 0.317 e. The maximum atomic E-state index is 12.4. The number of nitrogens with one attached hydrogen (secondary N) is 1. The Morgan fingerprint density at radius 2 is 1.95 bits per heavy atom. The number of hydrogen-bond acceptors (Lipinski definition) is 2. The molecular formula is C17H25N3O2. The van der Waals surface area contributed by atoms with E-state index in [1.807, 2.05) is 25.1 Å². The Kier molecular flexibility index (Phi) is 4.74. The molecule has 1 aliphatic heterocycles. The maximum absolute atomic E-state index is 12.4. The summed E-state index contributed by atoms with van der Waals surface area (Å²) in [4.78, 5) is 25.2. The molecule has 1 aliphatic rings. The van der Waals surface area contributed by atoms with Crippen molar-refractivity contribution in [3.05, 3.63) is 35.9 Å². The maximum Gasteiger partial charge on any atom is 0.317 e. The van der Waals surface area contributed by atoms with E-state index < -0.39 is 0 Å². The zero-order valence-electron chi connectivity index (χ0n) is 13.5. The van der Waals surface area contributed by atoms with E-state index in [-0.39, 0.29) is 29.3 Å². The second-order valence-corrected chi connectivity index (χ2v) is 6.59. The average molecular weight is 303 g/mol. The fourth-order valence-corrected chi connectivity index (χ4v) is 2.75.